The van der Waals surface area contributed by atoms with Crippen LogP contribution in [0.5, 0.6) is 0 Å². The minimum atomic E-state index is -0.793. The van der Waals surface area contributed by atoms with Crippen molar-refractivity contribution in [2.24, 2.45) is 0 Å². The summed E-state index contributed by atoms with van der Waals surface area (Å²) in [6.45, 7) is 6.50. The molecule has 1 atom stereocenters. The SMILES string of the molecule is CC\C=C/C=C\C=C/C=C\C=C/CCCCCC(=O)OC(COC(=O)CCCCCCCCCCCCCCCCC)COC(=O)CCCCCCCCCCCCCCCCCCCC. The van der Waals surface area contributed by atoms with E-state index in [9.17, 15) is 14.4 Å². The second-order valence-corrected chi connectivity index (χ2v) is 19.0. The highest BCUT2D eigenvalue weighted by Crippen LogP contribution is 2.17. The Morgan fingerprint density at radius 3 is 0.924 bits per heavy atom. The van der Waals surface area contributed by atoms with Crippen molar-refractivity contribution in [1.29, 1.82) is 0 Å². The molecule has 0 bridgehead atoms. The smallest absolute Gasteiger partial charge is 0.306 e. The largest absolute Gasteiger partial charge is 0.462 e. The Kier molecular flexibility index (Phi) is 52.3. The van der Waals surface area contributed by atoms with Gasteiger partial charge in [-0.2, -0.15) is 0 Å². The summed E-state index contributed by atoms with van der Waals surface area (Å²) in [5, 5.41) is 0. The third-order valence-corrected chi connectivity index (χ3v) is 12.4. The number of rotatable bonds is 51. The maximum absolute atomic E-state index is 12.8. The zero-order valence-electron chi connectivity index (χ0n) is 43.7. The van der Waals surface area contributed by atoms with Gasteiger partial charge in [-0.05, 0) is 38.5 Å². The van der Waals surface area contributed by atoms with Gasteiger partial charge in [0.1, 0.15) is 13.2 Å². The summed E-state index contributed by atoms with van der Waals surface area (Å²) >= 11 is 0. The van der Waals surface area contributed by atoms with Gasteiger partial charge in [-0.1, -0.05) is 287 Å². The molecule has 0 aliphatic heterocycles. The van der Waals surface area contributed by atoms with Crippen LogP contribution in [0, 0.1) is 0 Å². The molecule has 0 aliphatic rings. The summed E-state index contributed by atoms with van der Waals surface area (Å²) in [7, 11) is 0. The molecule has 1 unspecified atom stereocenters. The lowest BCUT2D eigenvalue weighted by Crippen LogP contribution is -2.30. The molecule has 0 fully saturated rings. The fourth-order valence-corrected chi connectivity index (χ4v) is 8.17. The fourth-order valence-electron chi connectivity index (χ4n) is 8.17. The molecule has 0 amide bonds. The predicted molar refractivity (Wildman–Crippen MR) is 284 cm³/mol. The van der Waals surface area contributed by atoms with Crippen molar-refractivity contribution in [1.82, 2.24) is 0 Å². The normalized spacial score (nSPS) is 12.5. The van der Waals surface area contributed by atoms with E-state index in [1.807, 2.05) is 48.6 Å². The molecular weight excluding hydrogens is 817 g/mol. The van der Waals surface area contributed by atoms with Crippen LogP contribution in [0.3, 0.4) is 0 Å². The maximum Gasteiger partial charge on any atom is 0.306 e. The molecule has 0 saturated carbocycles. The van der Waals surface area contributed by atoms with Crippen LogP contribution in [0.2, 0.25) is 0 Å². The first-order chi connectivity index (χ1) is 32.5. The van der Waals surface area contributed by atoms with E-state index in [0.717, 1.165) is 70.6 Å². The van der Waals surface area contributed by atoms with Crippen molar-refractivity contribution in [3.8, 4) is 0 Å². The molecule has 0 aromatic heterocycles. The van der Waals surface area contributed by atoms with Gasteiger partial charge in [0, 0.05) is 19.3 Å². The highest BCUT2D eigenvalue weighted by molar-refractivity contribution is 5.71. The molecule has 0 spiro atoms. The number of esters is 3. The summed E-state index contributed by atoms with van der Waals surface area (Å²) in [6.07, 6.45) is 67.8. The number of hydrogen-bond donors (Lipinski definition) is 0. The quantitative estimate of drug-likeness (QED) is 0.0262. The van der Waals surface area contributed by atoms with Gasteiger partial charge in [-0.15, -0.1) is 0 Å². The zero-order valence-corrected chi connectivity index (χ0v) is 43.7. The Morgan fingerprint density at radius 1 is 0.318 bits per heavy atom. The molecule has 0 aromatic rings. The van der Waals surface area contributed by atoms with Crippen LogP contribution in [0.15, 0.2) is 60.8 Å². The van der Waals surface area contributed by atoms with Gasteiger partial charge in [0.25, 0.3) is 0 Å². The molecule has 6 nitrogen and oxygen atoms in total. The first kappa shape index (κ1) is 63.1. The zero-order chi connectivity index (χ0) is 47.9. The molecule has 0 radical (unpaired) electrons. The van der Waals surface area contributed by atoms with E-state index < -0.39 is 6.10 Å². The van der Waals surface area contributed by atoms with E-state index >= 15 is 0 Å². The molecule has 66 heavy (non-hydrogen) atoms. The third kappa shape index (κ3) is 52.1. The third-order valence-electron chi connectivity index (χ3n) is 12.4. The van der Waals surface area contributed by atoms with Crippen LogP contribution < -0.4 is 0 Å². The first-order valence-electron chi connectivity index (χ1n) is 28.4. The van der Waals surface area contributed by atoms with Crippen molar-refractivity contribution in [2.45, 2.75) is 290 Å². The molecule has 0 N–H and O–H groups in total. The Morgan fingerprint density at radius 2 is 0.591 bits per heavy atom. The van der Waals surface area contributed by atoms with Gasteiger partial charge in [-0.25, -0.2) is 0 Å². The Hall–Kier alpha value is -2.89. The van der Waals surface area contributed by atoms with Gasteiger partial charge >= 0.3 is 17.9 Å². The van der Waals surface area contributed by atoms with Crippen molar-refractivity contribution < 1.29 is 28.6 Å². The Labute approximate surface area is 409 Å². The summed E-state index contributed by atoms with van der Waals surface area (Å²) < 4.78 is 16.8. The molecule has 6 heteroatoms. The highest BCUT2D eigenvalue weighted by atomic mass is 16.6. The van der Waals surface area contributed by atoms with Crippen molar-refractivity contribution in [3.05, 3.63) is 60.8 Å². The summed E-state index contributed by atoms with van der Waals surface area (Å²) in [5.41, 5.74) is 0. The summed E-state index contributed by atoms with van der Waals surface area (Å²) in [6, 6.07) is 0. The topological polar surface area (TPSA) is 78.9 Å². The minimum absolute atomic E-state index is 0.0877. The van der Waals surface area contributed by atoms with Crippen LogP contribution in [0.25, 0.3) is 0 Å². The molecular formula is C60H106O6. The van der Waals surface area contributed by atoms with Crippen LogP contribution in [0.4, 0.5) is 0 Å². The number of carbonyl (C=O) groups is 3. The molecule has 0 aliphatic carbocycles. The number of unbranched alkanes of at least 4 members (excludes halogenated alkanes) is 34. The van der Waals surface area contributed by atoms with E-state index in [2.05, 4.69) is 32.9 Å². The van der Waals surface area contributed by atoms with E-state index in [1.165, 1.54) is 173 Å². The standard InChI is InChI=1S/C60H106O6/c1-4-7-10-13-16-19-22-25-28-29-30-33-35-38-41-44-47-50-53-59(62)65-56-57(66-60(63)54-51-48-45-42-39-36-32-27-24-21-18-15-12-9-6-3)55-64-58(61)52-49-46-43-40-37-34-31-26-23-20-17-14-11-8-5-2/h9,12,15,18,21,24,27,32,36,39,57H,4-8,10-11,13-14,16-17,19-20,22-23,25-26,28-31,33-35,37-38,40-56H2,1-3H3/b12-9-,18-15-,24-21-,32-27-,39-36-. The molecule has 0 rings (SSSR count). The van der Waals surface area contributed by atoms with Crippen molar-refractivity contribution in [2.75, 3.05) is 13.2 Å². The molecule has 0 saturated heterocycles. The minimum Gasteiger partial charge on any atom is -0.462 e. The van der Waals surface area contributed by atoms with E-state index in [0.29, 0.717) is 12.8 Å². The summed E-state index contributed by atoms with van der Waals surface area (Å²) in [5.74, 6) is -0.916. The number of allylic oxidation sites excluding steroid dienone is 10. The maximum atomic E-state index is 12.8. The highest BCUT2D eigenvalue weighted by Gasteiger charge is 2.19. The predicted octanol–water partition coefficient (Wildman–Crippen LogP) is 18.8. The fraction of sp³-hybridized carbons (Fsp3) is 0.783. The van der Waals surface area contributed by atoms with E-state index in [1.54, 1.807) is 0 Å². The second-order valence-electron chi connectivity index (χ2n) is 19.0. The molecule has 0 heterocycles. The van der Waals surface area contributed by atoms with Crippen molar-refractivity contribution in [3.63, 3.8) is 0 Å². The average Bonchev–Trinajstić information content (AvgIpc) is 3.31. The monoisotopic (exact) mass is 923 g/mol. The van der Waals surface area contributed by atoms with Crippen LogP contribution in [-0.2, 0) is 28.6 Å². The van der Waals surface area contributed by atoms with E-state index in [-0.39, 0.29) is 37.5 Å². The van der Waals surface area contributed by atoms with Gasteiger partial charge in [0.2, 0.25) is 0 Å². The van der Waals surface area contributed by atoms with Gasteiger partial charge < -0.3 is 14.2 Å². The van der Waals surface area contributed by atoms with Crippen LogP contribution in [0.1, 0.15) is 284 Å². The lowest BCUT2D eigenvalue weighted by molar-refractivity contribution is -0.167. The van der Waals surface area contributed by atoms with Crippen LogP contribution in [-0.4, -0.2) is 37.2 Å². The van der Waals surface area contributed by atoms with E-state index in [4.69, 9.17) is 14.2 Å². The number of hydrogen-bond acceptors (Lipinski definition) is 6. The summed E-state index contributed by atoms with van der Waals surface area (Å²) in [4.78, 5) is 38.1. The van der Waals surface area contributed by atoms with Gasteiger partial charge in [-0.3, -0.25) is 14.4 Å². The van der Waals surface area contributed by atoms with Crippen molar-refractivity contribution >= 4 is 17.9 Å². The average molecular weight is 924 g/mol. The van der Waals surface area contributed by atoms with Crippen LogP contribution >= 0.6 is 0 Å². The van der Waals surface area contributed by atoms with Gasteiger partial charge in [0.15, 0.2) is 6.10 Å². The number of carbonyl (C=O) groups excluding carboxylic acids is 3. The Bertz CT molecular complexity index is 1200. The van der Waals surface area contributed by atoms with Gasteiger partial charge in [0.05, 0.1) is 0 Å². The lowest BCUT2D eigenvalue weighted by Gasteiger charge is -2.18. The molecule has 382 valence electrons. The number of ether oxygens (including phenoxy) is 3. The first-order valence-corrected chi connectivity index (χ1v) is 28.4. The lowest BCUT2D eigenvalue weighted by atomic mass is 10.0. The molecule has 0 aromatic carbocycles. The Balaban J connectivity index is 4.39. The second kappa shape index (κ2) is 54.7.